The first-order valence-corrected chi connectivity index (χ1v) is 10.9. The van der Waals surface area contributed by atoms with Crippen molar-refractivity contribution in [2.75, 3.05) is 0 Å². The second-order valence-electron chi connectivity index (χ2n) is 7.69. The summed E-state index contributed by atoms with van der Waals surface area (Å²) in [5.41, 5.74) is 0.858. The molecule has 1 aromatic heterocycles. The van der Waals surface area contributed by atoms with Gasteiger partial charge in [-0.25, -0.2) is 0 Å². The molecule has 0 saturated carbocycles. The summed E-state index contributed by atoms with van der Waals surface area (Å²) in [6.07, 6.45) is 2.97. The van der Waals surface area contributed by atoms with E-state index in [-0.39, 0.29) is 11.2 Å². The number of benzene rings is 1. The van der Waals surface area contributed by atoms with Gasteiger partial charge in [0.15, 0.2) is 5.78 Å². The van der Waals surface area contributed by atoms with E-state index in [1.54, 1.807) is 11.3 Å². The summed E-state index contributed by atoms with van der Waals surface area (Å²) in [5, 5.41) is 2.10. The number of ketones is 1. The van der Waals surface area contributed by atoms with Crippen molar-refractivity contribution in [3.63, 3.8) is 0 Å². The van der Waals surface area contributed by atoms with Crippen molar-refractivity contribution in [1.82, 2.24) is 4.90 Å². The average Bonchev–Trinajstić information content (AvgIpc) is 3.09. The normalized spacial score (nSPS) is 12.1. The molecule has 0 aliphatic heterocycles. The van der Waals surface area contributed by atoms with Gasteiger partial charge in [-0.3, -0.25) is 9.69 Å². The Morgan fingerprint density at radius 3 is 2.35 bits per heavy atom. The Morgan fingerprint density at radius 1 is 1.12 bits per heavy atom. The topological polar surface area (TPSA) is 20.3 Å². The highest BCUT2D eigenvalue weighted by atomic mass is 79.9. The van der Waals surface area contributed by atoms with Gasteiger partial charge >= 0.3 is 0 Å². The van der Waals surface area contributed by atoms with Crippen LogP contribution >= 0.6 is 27.3 Å². The lowest BCUT2D eigenvalue weighted by molar-refractivity contribution is -0.127. The standard InChI is InChI=1S/C22H29BrNOS/c1-5-6-9-20(21(25)22(2,3)4)24(16-19-8-7-14-26-19)15-17-10-12-18(23)13-11-17/h7-8,10-14H,5-6,9,15-16H2,1-4H3. The SMILES string of the molecule is CCCC[C](C(=O)C(C)(C)C)N(Cc1ccc(Br)cc1)Cc1cccs1. The molecular formula is C22H29BrNOS. The lowest BCUT2D eigenvalue weighted by atomic mass is 9.84. The zero-order chi connectivity index (χ0) is 19.2. The maximum absolute atomic E-state index is 13.2. The monoisotopic (exact) mass is 434 g/mol. The van der Waals surface area contributed by atoms with Gasteiger partial charge in [0.25, 0.3) is 0 Å². The van der Waals surface area contributed by atoms with Crippen LogP contribution < -0.4 is 0 Å². The highest BCUT2D eigenvalue weighted by molar-refractivity contribution is 9.10. The summed E-state index contributed by atoms with van der Waals surface area (Å²) < 4.78 is 1.08. The first-order valence-electron chi connectivity index (χ1n) is 9.23. The van der Waals surface area contributed by atoms with E-state index in [0.717, 1.165) is 42.9 Å². The van der Waals surface area contributed by atoms with Crippen LogP contribution in [-0.4, -0.2) is 10.7 Å². The largest absolute Gasteiger partial charge is 0.297 e. The Hall–Kier alpha value is -0.970. The maximum atomic E-state index is 13.2. The summed E-state index contributed by atoms with van der Waals surface area (Å²) in [6, 6.07) is 13.6. The quantitative estimate of drug-likeness (QED) is 0.429. The number of carbonyl (C=O) groups is 1. The van der Waals surface area contributed by atoms with Gasteiger partial charge in [-0.2, -0.15) is 0 Å². The highest BCUT2D eigenvalue weighted by Gasteiger charge is 2.34. The second-order valence-corrected chi connectivity index (χ2v) is 9.64. The van der Waals surface area contributed by atoms with Crippen molar-refractivity contribution in [3.8, 4) is 0 Å². The summed E-state index contributed by atoms with van der Waals surface area (Å²) in [7, 11) is 0. The van der Waals surface area contributed by atoms with Crippen molar-refractivity contribution in [2.45, 2.75) is 60.0 Å². The van der Waals surface area contributed by atoms with Gasteiger partial charge < -0.3 is 0 Å². The summed E-state index contributed by atoms with van der Waals surface area (Å²) >= 11 is 5.25. The van der Waals surface area contributed by atoms with Crippen LogP contribution in [0.15, 0.2) is 46.3 Å². The molecular weight excluding hydrogens is 406 g/mol. The maximum Gasteiger partial charge on any atom is 0.160 e. The molecule has 0 N–H and O–H groups in total. The molecule has 0 unspecified atom stereocenters. The molecule has 0 aliphatic carbocycles. The van der Waals surface area contributed by atoms with Crippen molar-refractivity contribution in [3.05, 3.63) is 62.7 Å². The Balaban J connectivity index is 2.30. The number of hydrogen-bond acceptors (Lipinski definition) is 3. The molecule has 4 heteroatoms. The predicted molar refractivity (Wildman–Crippen MR) is 115 cm³/mol. The Morgan fingerprint density at radius 2 is 1.81 bits per heavy atom. The fraction of sp³-hybridized carbons (Fsp3) is 0.455. The number of hydrogen-bond donors (Lipinski definition) is 0. The van der Waals surface area contributed by atoms with Crippen LogP contribution in [0.25, 0.3) is 0 Å². The van der Waals surface area contributed by atoms with Gasteiger partial charge in [0.2, 0.25) is 0 Å². The molecule has 2 aromatic rings. The van der Waals surface area contributed by atoms with Gasteiger partial charge in [-0.05, 0) is 35.6 Å². The minimum atomic E-state index is -0.365. The molecule has 0 saturated heterocycles. The molecule has 1 radical (unpaired) electrons. The average molecular weight is 435 g/mol. The van der Waals surface area contributed by atoms with Gasteiger partial charge in [0.05, 0.1) is 0 Å². The van der Waals surface area contributed by atoms with E-state index < -0.39 is 0 Å². The summed E-state index contributed by atoms with van der Waals surface area (Å²) in [6.45, 7) is 9.77. The minimum absolute atomic E-state index is 0.264. The van der Waals surface area contributed by atoms with Crippen LogP contribution in [0.2, 0.25) is 0 Å². The Labute approximate surface area is 170 Å². The molecule has 0 bridgehead atoms. The fourth-order valence-corrected chi connectivity index (χ4v) is 3.82. The van der Waals surface area contributed by atoms with Crippen molar-refractivity contribution >= 4 is 33.0 Å². The molecule has 26 heavy (non-hydrogen) atoms. The van der Waals surface area contributed by atoms with Crippen molar-refractivity contribution in [1.29, 1.82) is 0 Å². The van der Waals surface area contributed by atoms with Gasteiger partial charge in [-0.15, -0.1) is 11.3 Å². The van der Waals surface area contributed by atoms with E-state index >= 15 is 0 Å². The molecule has 0 spiro atoms. The van der Waals surface area contributed by atoms with Crippen LogP contribution in [0.5, 0.6) is 0 Å². The Bertz CT molecular complexity index is 673. The molecule has 2 nitrogen and oxygen atoms in total. The van der Waals surface area contributed by atoms with E-state index in [1.165, 1.54) is 10.4 Å². The molecule has 0 atom stereocenters. The molecule has 1 aromatic carbocycles. The van der Waals surface area contributed by atoms with Gasteiger partial charge in [-0.1, -0.05) is 74.7 Å². The van der Waals surface area contributed by atoms with E-state index in [0.29, 0.717) is 0 Å². The third-order valence-electron chi connectivity index (χ3n) is 4.31. The third kappa shape index (κ3) is 6.33. The Kier molecular flexibility index (Phi) is 8.05. The molecule has 0 fully saturated rings. The number of halogens is 1. The third-order valence-corrected chi connectivity index (χ3v) is 5.70. The first-order chi connectivity index (χ1) is 12.3. The number of unbranched alkanes of at least 4 members (excludes halogenated alkanes) is 1. The highest BCUT2D eigenvalue weighted by Crippen LogP contribution is 2.31. The molecule has 2 rings (SSSR count). The molecule has 1 heterocycles. The van der Waals surface area contributed by atoms with E-state index in [2.05, 4.69) is 69.5 Å². The van der Waals surface area contributed by atoms with Gasteiger partial charge in [0, 0.05) is 27.9 Å². The number of carbonyl (C=O) groups excluding carboxylic acids is 1. The van der Waals surface area contributed by atoms with Crippen molar-refractivity contribution < 1.29 is 4.79 Å². The summed E-state index contributed by atoms with van der Waals surface area (Å²) in [5.74, 6) is 0.264. The fourth-order valence-electron chi connectivity index (χ4n) is 2.84. The summed E-state index contributed by atoms with van der Waals surface area (Å²) in [4.78, 5) is 16.8. The van der Waals surface area contributed by atoms with Crippen LogP contribution in [0.1, 0.15) is 57.4 Å². The van der Waals surface area contributed by atoms with Crippen LogP contribution in [0.3, 0.4) is 0 Å². The molecule has 141 valence electrons. The predicted octanol–water partition coefficient (Wildman–Crippen LogP) is 6.85. The molecule has 0 aliphatic rings. The van der Waals surface area contributed by atoms with Gasteiger partial charge in [0.1, 0.15) is 6.04 Å². The zero-order valence-corrected chi connectivity index (χ0v) is 18.6. The van der Waals surface area contributed by atoms with E-state index in [1.807, 2.05) is 20.8 Å². The van der Waals surface area contributed by atoms with Crippen molar-refractivity contribution in [2.24, 2.45) is 5.41 Å². The number of Topliss-reactive ketones (excluding diaryl/α,β-unsaturated/α-hetero) is 1. The minimum Gasteiger partial charge on any atom is -0.297 e. The number of thiophene rings is 1. The van der Waals surface area contributed by atoms with E-state index in [9.17, 15) is 4.79 Å². The molecule has 0 amide bonds. The van der Waals surface area contributed by atoms with Crippen LogP contribution in [0.4, 0.5) is 0 Å². The number of rotatable bonds is 9. The van der Waals surface area contributed by atoms with Crippen LogP contribution in [-0.2, 0) is 17.9 Å². The zero-order valence-electron chi connectivity index (χ0n) is 16.2. The first kappa shape index (κ1) is 21.3. The smallest absolute Gasteiger partial charge is 0.160 e. The second kappa shape index (κ2) is 9.82. The van der Waals surface area contributed by atoms with Crippen LogP contribution in [0, 0.1) is 11.5 Å². The lowest BCUT2D eigenvalue weighted by Crippen LogP contribution is -2.39. The lowest BCUT2D eigenvalue weighted by Gasteiger charge is -2.33. The van der Waals surface area contributed by atoms with E-state index in [4.69, 9.17) is 0 Å². The number of nitrogens with zero attached hydrogens (tertiary/aromatic N) is 1.